The minimum absolute atomic E-state index is 0.0123. The fraction of sp³-hybridized carbons (Fsp3) is 0.588. The van der Waals surface area contributed by atoms with E-state index in [1.54, 1.807) is 0 Å². The van der Waals surface area contributed by atoms with Gasteiger partial charge in [0, 0.05) is 19.1 Å². The second kappa shape index (κ2) is 8.15. The Hall–Kier alpha value is -1.39. The van der Waals surface area contributed by atoms with Gasteiger partial charge in [-0.25, -0.2) is 0 Å². The van der Waals surface area contributed by atoms with Gasteiger partial charge in [-0.05, 0) is 24.8 Å². The molecule has 4 heteroatoms. The van der Waals surface area contributed by atoms with Crippen LogP contribution in [0.4, 0.5) is 0 Å². The first-order valence-corrected chi connectivity index (χ1v) is 7.83. The molecule has 1 amide bonds. The van der Waals surface area contributed by atoms with E-state index in [0.717, 1.165) is 31.2 Å². The maximum absolute atomic E-state index is 12.2. The summed E-state index contributed by atoms with van der Waals surface area (Å²) in [6, 6.07) is 9.40. The predicted molar refractivity (Wildman–Crippen MR) is 81.8 cm³/mol. The highest BCUT2D eigenvalue weighted by molar-refractivity contribution is 5.78. The van der Waals surface area contributed by atoms with Gasteiger partial charge in [0.05, 0.1) is 12.2 Å². The Bertz CT molecular complexity index is 433. The molecule has 1 fully saturated rings. The first-order chi connectivity index (χ1) is 10.2. The van der Waals surface area contributed by atoms with Crippen molar-refractivity contribution < 1.29 is 14.6 Å². The number of hydrogen-bond acceptors (Lipinski definition) is 3. The van der Waals surface area contributed by atoms with Crippen molar-refractivity contribution in [2.24, 2.45) is 5.92 Å². The van der Waals surface area contributed by atoms with E-state index >= 15 is 0 Å². The Morgan fingerprint density at radius 1 is 1.43 bits per heavy atom. The zero-order valence-corrected chi connectivity index (χ0v) is 12.6. The molecule has 0 aliphatic carbocycles. The van der Waals surface area contributed by atoms with E-state index in [2.05, 4.69) is 12.2 Å². The molecule has 0 radical (unpaired) electrons. The fourth-order valence-corrected chi connectivity index (χ4v) is 2.78. The number of aliphatic hydroxyl groups is 1. The molecule has 2 rings (SSSR count). The largest absolute Gasteiger partial charge is 0.387 e. The topological polar surface area (TPSA) is 58.6 Å². The highest BCUT2D eigenvalue weighted by Crippen LogP contribution is 2.23. The lowest BCUT2D eigenvalue weighted by Gasteiger charge is -2.29. The van der Waals surface area contributed by atoms with E-state index in [4.69, 9.17) is 4.74 Å². The number of carbonyl (C=O) groups excluding carboxylic acids is 1. The van der Waals surface area contributed by atoms with Crippen molar-refractivity contribution in [3.63, 3.8) is 0 Å². The summed E-state index contributed by atoms with van der Waals surface area (Å²) in [5.74, 6) is 0.0488. The number of carbonyl (C=O) groups is 1. The van der Waals surface area contributed by atoms with Crippen LogP contribution in [0.25, 0.3) is 0 Å². The van der Waals surface area contributed by atoms with Crippen LogP contribution in [0.15, 0.2) is 30.3 Å². The Labute approximate surface area is 126 Å². The van der Waals surface area contributed by atoms with E-state index < -0.39 is 6.10 Å². The number of ether oxygens (including phenoxy) is 1. The predicted octanol–water partition coefficient (Wildman–Crippen LogP) is 2.43. The normalized spacial score (nSPS) is 23.5. The molecule has 1 aromatic carbocycles. The molecular formula is C17H25NO3. The number of aliphatic hydroxyl groups excluding tert-OH is 1. The van der Waals surface area contributed by atoms with Gasteiger partial charge < -0.3 is 15.2 Å². The summed E-state index contributed by atoms with van der Waals surface area (Å²) in [4.78, 5) is 12.2. The van der Waals surface area contributed by atoms with Crippen LogP contribution < -0.4 is 5.32 Å². The van der Waals surface area contributed by atoms with E-state index in [9.17, 15) is 9.90 Å². The van der Waals surface area contributed by atoms with Gasteiger partial charge in [-0.3, -0.25) is 4.79 Å². The molecule has 3 atom stereocenters. The molecule has 0 spiro atoms. The SMILES string of the molecule is CCCC1CC(C(=O)NCC(O)c2ccccc2)CCO1. The lowest BCUT2D eigenvalue weighted by Crippen LogP contribution is -2.38. The Morgan fingerprint density at radius 3 is 2.90 bits per heavy atom. The van der Waals surface area contributed by atoms with E-state index in [0.29, 0.717) is 6.61 Å². The van der Waals surface area contributed by atoms with Crippen LogP contribution in [-0.4, -0.2) is 30.3 Å². The zero-order chi connectivity index (χ0) is 15.1. The molecule has 116 valence electrons. The summed E-state index contributed by atoms with van der Waals surface area (Å²) in [5.41, 5.74) is 0.827. The molecule has 1 aliphatic heterocycles. The quantitative estimate of drug-likeness (QED) is 0.846. The number of hydrogen-bond donors (Lipinski definition) is 2. The second-order valence-electron chi connectivity index (χ2n) is 5.67. The molecule has 1 aromatic rings. The average molecular weight is 291 g/mol. The third-order valence-corrected chi connectivity index (χ3v) is 4.00. The summed E-state index contributed by atoms with van der Waals surface area (Å²) in [5, 5.41) is 12.9. The third-order valence-electron chi connectivity index (χ3n) is 4.00. The van der Waals surface area contributed by atoms with E-state index in [1.165, 1.54) is 0 Å². The number of benzene rings is 1. The molecule has 1 aliphatic rings. The van der Waals surface area contributed by atoms with E-state index in [1.807, 2.05) is 30.3 Å². The monoisotopic (exact) mass is 291 g/mol. The lowest BCUT2D eigenvalue weighted by atomic mass is 9.92. The summed E-state index contributed by atoms with van der Waals surface area (Å²) in [6.07, 6.45) is 3.21. The molecule has 0 saturated carbocycles. The van der Waals surface area contributed by atoms with Crippen LogP contribution in [-0.2, 0) is 9.53 Å². The average Bonchev–Trinajstić information content (AvgIpc) is 2.53. The standard InChI is InChI=1S/C17H25NO3/c1-2-6-15-11-14(9-10-21-15)17(20)18-12-16(19)13-7-4-3-5-8-13/h3-5,7-8,14-16,19H,2,6,9-12H2,1H3,(H,18,20). The first-order valence-electron chi connectivity index (χ1n) is 7.83. The molecule has 1 heterocycles. The van der Waals surface area contributed by atoms with Crippen molar-refractivity contribution in [2.45, 2.75) is 44.8 Å². The van der Waals surface area contributed by atoms with Crippen molar-refractivity contribution in [3.8, 4) is 0 Å². The molecule has 4 nitrogen and oxygen atoms in total. The molecule has 2 N–H and O–H groups in total. The van der Waals surface area contributed by atoms with Gasteiger partial charge in [0.1, 0.15) is 0 Å². The van der Waals surface area contributed by atoms with Crippen LogP contribution in [0.3, 0.4) is 0 Å². The van der Waals surface area contributed by atoms with Crippen molar-refractivity contribution in [2.75, 3.05) is 13.2 Å². The molecule has 1 saturated heterocycles. The highest BCUT2D eigenvalue weighted by Gasteiger charge is 2.27. The van der Waals surface area contributed by atoms with Crippen molar-refractivity contribution in [3.05, 3.63) is 35.9 Å². The minimum atomic E-state index is -0.651. The highest BCUT2D eigenvalue weighted by atomic mass is 16.5. The number of amides is 1. The fourth-order valence-electron chi connectivity index (χ4n) is 2.78. The second-order valence-corrected chi connectivity index (χ2v) is 5.67. The third kappa shape index (κ3) is 4.83. The van der Waals surface area contributed by atoms with Crippen LogP contribution in [0.2, 0.25) is 0 Å². The van der Waals surface area contributed by atoms with Gasteiger partial charge in [-0.1, -0.05) is 43.7 Å². The van der Waals surface area contributed by atoms with Crippen LogP contribution in [0, 0.1) is 5.92 Å². The van der Waals surface area contributed by atoms with Crippen molar-refractivity contribution >= 4 is 5.91 Å². The minimum Gasteiger partial charge on any atom is -0.387 e. The van der Waals surface area contributed by atoms with Crippen LogP contribution in [0.5, 0.6) is 0 Å². The summed E-state index contributed by atoms with van der Waals surface area (Å²) in [7, 11) is 0. The molecule has 0 aromatic heterocycles. The van der Waals surface area contributed by atoms with Crippen LogP contribution in [0.1, 0.15) is 44.3 Å². The van der Waals surface area contributed by atoms with Gasteiger partial charge >= 0.3 is 0 Å². The number of rotatable bonds is 6. The maximum atomic E-state index is 12.2. The summed E-state index contributed by atoms with van der Waals surface area (Å²) >= 11 is 0. The van der Waals surface area contributed by atoms with Gasteiger partial charge in [-0.15, -0.1) is 0 Å². The van der Waals surface area contributed by atoms with Gasteiger partial charge in [0.15, 0.2) is 0 Å². The lowest BCUT2D eigenvalue weighted by molar-refractivity contribution is -0.130. The number of nitrogens with one attached hydrogen (secondary N) is 1. The van der Waals surface area contributed by atoms with Gasteiger partial charge in [0.2, 0.25) is 5.91 Å². The van der Waals surface area contributed by atoms with Crippen molar-refractivity contribution in [1.82, 2.24) is 5.32 Å². The molecule has 21 heavy (non-hydrogen) atoms. The van der Waals surface area contributed by atoms with Crippen LogP contribution >= 0.6 is 0 Å². The zero-order valence-electron chi connectivity index (χ0n) is 12.6. The molecule has 3 unspecified atom stereocenters. The molecule has 0 bridgehead atoms. The Morgan fingerprint density at radius 2 is 2.19 bits per heavy atom. The maximum Gasteiger partial charge on any atom is 0.223 e. The Balaban J connectivity index is 1.79. The first kappa shape index (κ1) is 16.0. The van der Waals surface area contributed by atoms with Gasteiger partial charge in [-0.2, -0.15) is 0 Å². The Kier molecular flexibility index (Phi) is 6.21. The summed E-state index contributed by atoms with van der Waals surface area (Å²) < 4.78 is 5.66. The van der Waals surface area contributed by atoms with Crippen molar-refractivity contribution in [1.29, 1.82) is 0 Å². The van der Waals surface area contributed by atoms with Gasteiger partial charge in [0.25, 0.3) is 0 Å². The van der Waals surface area contributed by atoms with E-state index in [-0.39, 0.29) is 24.5 Å². The summed E-state index contributed by atoms with van der Waals surface area (Å²) in [6.45, 7) is 3.05. The smallest absolute Gasteiger partial charge is 0.223 e. The molecular weight excluding hydrogens is 266 g/mol.